The molecule has 30 heavy (non-hydrogen) atoms. The van der Waals surface area contributed by atoms with Crippen LogP contribution in [-0.2, 0) is 20.9 Å². The molecule has 0 spiro atoms. The van der Waals surface area contributed by atoms with Crippen molar-refractivity contribution in [3.63, 3.8) is 0 Å². The van der Waals surface area contributed by atoms with Crippen molar-refractivity contribution in [2.75, 3.05) is 10.6 Å². The monoisotopic (exact) mass is 427 g/mol. The van der Waals surface area contributed by atoms with E-state index in [1.54, 1.807) is 30.3 Å². The van der Waals surface area contributed by atoms with Crippen LogP contribution in [0.3, 0.4) is 0 Å². The van der Waals surface area contributed by atoms with Crippen LogP contribution in [0.5, 0.6) is 0 Å². The average Bonchev–Trinajstić information content (AvgIpc) is 3.14. The summed E-state index contributed by atoms with van der Waals surface area (Å²) in [6, 6.07) is 13.2. The van der Waals surface area contributed by atoms with Gasteiger partial charge in [-0.1, -0.05) is 28.9 Å². The van der Waals surface area contributed by atoms with Gasteiger partial charge in [0.15, 0.2) is 12.4 Å². The van der Waals surface area contributed by atoms with Gasteiger partial charge in [0.2, 0.25) is 11.8 Å². The lowest BCUT2D eigenvalue weighted by Crippen LogP contribution is -2.12. The van der Waals surface area contributed by atoms with Crippen LogP contribution in [0.15, 0.2) is 53.1 Å². The van der Waals surface area contributed by atoms with Crippen LogP contribution in [-0.4, -0.2) is 22.9 Å². The molecule has 154 valence electrons. The lowest BCUT2D eigenvalue weighted by molar-refractivity contribution is -0.115. The Labute approximate surface area is 177 Å². The average molecular weight is 428 g/mol. The maximum absolute atomic E-state index is 12.5. The van der Waals surface area contributed by atoms with Crippen LogP contribution in [0.25, 0.3) is 11.3 Å². The lowest BCUT2D eigenvalue weighted by Gasteiger charge is -2.10. The zero-order valence-corrected chi connectivity index (χ0v) is 16.9. The fourth-order valence-electron chi connectivity index (χ4n) is 2.65. The minimum Gasteiger partial charge on any atom is -0.454 e. The summed E-state index contributed by atoms with van der Waals surface area (Å²) in [6.07, 6.45) is 0. The maximum Gasteiger partial charge on any atom is 0.338 e. The molecule has 0 saturated heterocycles. The number of carbonyl (C=O) groups is 3. The molecule has 2 amide bonds. The van der Waals surface area contributed by atoms with Crippen LogP contribution < -0.4 is 10.6 Å². The van der Waals surface area contributed by atoms with Crippen LogP contribution >= 0.6 is 11.6 Å². The summed E-state index contributed by atoms with van der Waals surface area (Å²) >= 11 is 5.88. The first-order valence-electron chi connectivity index (χ1n) is 8.89. The number of hydrogen-bond acceptors (Lipinski definition) is 6. The zero-order chi connectivity index (χ0) is 21.7. The molecule has 0 radical (unpaired) electrons. The first kappa shape index (κ1) is 21.1. The van der Waals surface area contributed by atoms with Gasteiger partial charge in [-0.25, -0.2) is 4.79 Å². The number of benzene rings is 2. The molecule has 0 aliphatic rings. The Kier molecular flexibility index (Phi) is 6.48. The smallest absolute Gasteiger partial charge is 0.338 e. The van der Waals surface area contributed by atoms with Crippen molar-refractivity contribution in [3.8, 4) is 11.3 Å². The number of nitrogens with one attached hydrogen (secondary N) is 2. The highest BCUT2D eigenvalue weighted by atomic mass is 35.5. The molecule has 0 unspecified atom stereocenters. The van der Waals surface area contributed by atoms with Crippen LogP contribution in [0.2, 0.25) is 5.02 Å². The molecule has 8 nitrogen and oxygen atoms in total. The van der Waals surface area contributed by atoms with E-state index >= 15 is 0 Å². The number of carbonyl (C=O) groups excluding carboxylic acids is 3. The van der Waals surface area contributed by atoms with Crippen molar-refractivity contribution in [3.05, 3.63) is 64.9 Å². The molecule has 0 aliphatic carbocycles. The molecule has 0 aliphatic heterocycles. The highest BCUT2D eigenvalue weighted by molar-refractivity contribution is 6.30. The molecule has 2 N–H and O–H groups in total. The van der Waals surface area contributed by atoms with Crippen molar-refractivity contribution >= 4 is 40.8 Å². The minimum atomic E-state index is -0.654. The predicted octanol–water partition coefficient (Wildman–Crippen LogP) is 4.27. The number of nitrogens with zero attached hydrogens (tertiary/aromatic N) is 1. The summed E-state index contributed by atoms with van der Waals surface area (Å²) in [5.74, 6) is -0.928. The fraction of sp³-hybridized carbons (Fsp3) is 0.143. The van der Waals surface area contributed by atoms with Crippen molar-refractivity contribution in [2.24, 2.45) is 0 Å². The highest BCUT2D eigenvalue weighted by Gasteiger charge is 2.14. The molecule has 2 aromatic carbocycles. The Morgan fingerprint density at radius 2 is 1.57 bits per heavy atom. The maximum atomic E-state index is 12.5. The molecule has 0 fully saturated rings. The predicted molar refractivity (Wildman–Crippen MR) is 111 cm³/mol. The number of hydrogen-bond donors (Lipinski definition) is 2. The number of rotatable bonds is 6. The van der Waals surface area contributed by atoms with Crippen LogP contribution in [0.4, 0.5) is 11.4 Å². The van der Waals surface area contributed by atoms with Crippen molar-refractivity contribution in [2.45, 2.75) is 20.5 Å². The first-order valence-corrected chi connectivity index (χ1v) is 9.27. The minimum absolute atomic E-state index is 0.140. The molecule has 9 heteroatoms. The van der Waals surface area contributed by atoms with E-state index in [-0.39, 0.29) is 24.0 Å². The van der Waals surface area contributed by atoms with Gasteiger partial charge in [0.05, 0.1) is 5.56 Å². The van der Waals surface area contributed by atoms with Gasteiger partial charge >= 0.3 is 5.97 Å². The summed E-state index contributed by atoms with van der Waals surface area (Å²) < 4.78 is 10.5. The summed E-state index contributed by atoms with van der Waals surface area (Å²) in [4.78, 5) is 35.2. The molecule has 0 atom stereocenters. The largest absolute Gasteiger partial charge is 0.454 e. The van der Waals surface area contributed by atoms with E-state index in [1.807, 2.05) is 0 Å². The number of anilines is 2. The normalized spacial score (nSPS) is 10.4. The quantitative estimate of drug-likeness (QED) is 0.568. The molecule has 3 rings (SSSR count). The molecule has 3 aromatic rings. The SMILES string of the molecule is CC(=O)Nc1cc(NC(C)=O)cc(C(=O)OCc2cc(-c3ccc(Cl)cc3)no2)c1. The van der Waals surface area contributed by atoms with Gasteiger partial charge in [0.1, 0.15) is 5.69 Å². The Bertz CT molecular complexity index is 1060. The molecular formula is C21H18ClN3O5. The van der Waals surface area contributed by atoms with Gasteiger partial charge in [-0.05, 0) is 30.3 Å². The molecule has 0 saturated carbocycles. The lowest BCUT2D eigenvalue weighted by atomic mass is 10.1. The number of aromatic nitrogens is 1. The molecule has 0 bridgehead atoms. The Morgan fingerprint density at radius 1 is 0.967 bits per heavy atom. The van der Waals surface area contributed by atoms with E-state index in [9.17, 15) is 14.4 Å². The Hall–Kier alpha value is -3.65. The highest BCUT2D eigenvalue weighted by Crippen LogP contribution is 2.23. The molecule has 1 aromatic heterocycles. The van der Waals surface area contributed by atoms with Gasteiger partial charge in [-0.2, -0.15) is 0 Å². The van der Waals surface area contributed by atoms with Gasteiger partial charge in [0.25, 0.3) is 0 Å². The van der Waals surface area contributed by atoms with Gasteiger partial charge in [-0.3, -0.25) is 9.59 Å². The van der Waals surface area contributed by atoms with E-state index in [1.165, 1.54) is 32.0 Å². The van der Waals surface area contributed by atoms with Crippen LogP contribution in [0.1, 0.15) is 30.0 Å². The third-order valence-corrected chi connectivity index (χ3v) is 4.11. The third-order valence-electron chi connectivity index (χ3n) is 3.85. The number of amides is 2. The number of halogens is 1. The number of ether oxygens (including phenoxy) is 1. The zero-order valence-electron chi connectivity index (χ0n) is 16.2. The fourth-order valence-corrected chi connectivity index (χ4v) is 2.78. The third kappa shape index (κ3) is 5.68. The Balaban J connectivity index is 1.71. The Morgan fingerprint density at radius 3 is 2.13 bits per heavy atom. The van der Waals surface area contributed by atoms with E-state index in [0.29, 0.717) is 27.9 Å². The second-order valence-corrected chi connectivity index (χ2v) is 6.86. The van der Waals surface area contributed by atoms with Gasteiger partial charge in [0, 0.05) is 41.9 Å². The number of esters is 1. The summed E-state index contributed by atoms with van der Waals surface area (Å²) in [7, 11) is 0. The van der Waals surface area contributed by atoms with E-state index in [4.69, 9.17) is 20.9 Å². The first-order chi connectivity index (χ1) is 14.3. The van der Waals surface area contributed by atoms with E-state index in [2.05, 4.69) is 15.8 Å². The van der Waals surface area contributed by atoms with Gasteiger partial charge in [-0.15, -0.1) is 0 Å². The second-order valence-electron chi connectivity index (χ2n) is 6.42. The summed E-state index contributed by atoms with van der Waals surface area (Å²) in [6.45, 7) is 2.54. The van der Waals surface area contributed by atoms with E-state index < -0.39 is 5.97 Å². The topological polar surface area (TPSA) is 111 Å². The summed E-state index contributed by atoms with van der Waals surface area (Å²) in [5, 5.41) is 9.72. The second kappa shape index (κ2) is 9.23. The molecular weight excluding hydrogens is 410 g/mol. The van der Waals surface area contributed by atoms with Crippen molar-refractivity contribution in [1.82, 2.24) is 5.16 Å². The standard InChI is InChI=1S/C21H18ClN3O5/c1-12(26)23-17-7-15(8-18(9-17)24-13(2)27)21(28)29-11-19-10-20(25-30-19)14-3-5-16(22)6-4-14/h3-10H,11H2,1-2H3,(H,23,26)(H,24,27). The summed E-state index contributed by atoms with van der Waals surface area (Å²) in [5.41, 5.74) is 2.25. The van der Waals surface area contributed by atoms with Crippen molar-refractivity contribution in [1.29, 1.82) is 0 Å². The van der Waals surface area contributed by atoms with E-state index in [0.717, 1.165) is 5.56 Å². The van der Waals surface area contributed by atoms with Gasteiger partial charge < -0.3 is 19.9 Å². The van der Waals surface area contributed by atoms with Crippen molar-refractivity contribution < 1.29 is 23.6 Å². The molecule has 1 heterocycles. The van der Waals surface area contributed by atoms with Crippen LogP contribution in [0, 0.1) is 0 Å².